The molecule has 1 amide bonds. The zero-order chi connectivity index (χ0) is 20.6. The number of ether oxygens (including phenoxy) is 1. The van der Waals surface area contributed by atoms with Crippen molar-refractivity contribution in [1.82, 2.24) is 0 Å². The molecule has 6 heteroatoms. The summed E-state index contributed by atoms with van der Waals surface area (Å²) in [4.78, 5) is 29.9. The van der Waals surface area contributed by atoms with Gasteiger partial charge in [-0.1, -0.05) is 42.4 Å². The normalized spacial score (nSPS) is 22.5. The molecule has 2 atom stereocenters. The summed E-state index contributed by atoms with van der Waals surface area (Å²) in [5, 5.41) is 3.83. The topological polar surface area (TPSA) is 91.0 Å². The van der Waals surface area contributed by atoms with Crippen LogP contribution in [0, 0.1) is 11.3 Å². The summed E-state index contributed by atoms with van der Waals surface area (Å²) in [6.07, 6.45) is 3.84. The summed E-state index contributed by atoms with van der Waals surface area (Å²) in [6, 6.07) is 9.75. The molecule has 2 N–H and O–H groups in total. The Bertz CT molecular complexity index is 742. The van der Waals surface area contributed by atoms with Crippen molar-refractivity contribution in [2.45, 2.75) is 53.1 Å². The Labute approximate surface area is 166 Å². The summed E-state index contributed by atoms with van der Waals surface area (Å²) in [7, 11) is 0. The third-order valence-electron chi connectivity index (χ3n) is 5.35. The van der Waals surface area contributed by atoms with E-state index in [1.807, 2.05) is 44.2 Å². The van der Waals surface area contributed by atoms with Gasteiger partial charge in [-0.3, -0.25) is 9.59 Å². The quantitative estimate of drug-likeness (QED) is 0.377. The molecule has 2 unspecified atom stereocenters. The first-order valence-electron chi connectivity index (χ1n) is 9.76. The fourth-order valence-electron chi connectivity index (χ4n) is 3.34. The van der Waals surface area contributed by atoms with Gasteiger partial charge in [-0.05, 0) is 38.7 Å². The van der Waals surface area contributed by atoms with E-state index in [-0.39, 0.29) is 18.1 Å². The molecular formula is C22H30N2O4. The van der Waals surface area contributed by atoms with E-state index in [0.717, 1.165) is 12.0 Å². The predicted octanol–water partition coefficient (Wildman–Crippen LogP) is 3.75. The molecule has 1 aromatic carbocycles. The maximum absolute atomic E-state index is 12.8. The van der Waals surface area contributed by atoms with E-state index in [2.05, 4.69) is 5.16 Å². The van der Waals surface area contributed by atoms with Crippen LogP contribution in [0.25, 0.3) is 0 Å². The number of hydrogen-bond acceptors (Lipinski definition) is 5. The second-order valence-electron chi connectivity index (χ2n) is 7.32. The van der Waals surface area contributed by atoms with E-state index in [0.29, 0.717) is 37.4 Å². The first-order chi connectivity index (χ1) is 13.4. The number of unbranched alkanes of at least 4 members (excludes halogenated alkanes) is 1. The van der Waals surface area contributed by atoms with Crippen LogP contribution in [-0.2, 0) is 25.8 Å². The number of benzene rings is 1. The van der Waals surface area contributed by atoms with Gasteiger partial charge in [0.05, 0.1) is 5.41 Å². The number of rotatable bonds is 10. The molecule has 0 saturated heterocycles. The van der Waals surface area contributed by atoms with Crippen molar-refractivity contribution in [3.8, 4) is 0 Å². The van der Waals surface area contributed by atoms with Crippen LogP contribution in [0.1, 0.15) is 52.0 Å². The number of nitrogens with zero attached hydrogens (tertiary/aromatic N) is 1. The van der Waals surface area contributed by atoms with E-state index in [1.54, 1.807) is 13.1 Å². The molecule has 0 bridgehead atoms. The summed E-state index contributed by atoms with van der Waals surface area (Å²) < 4.78 is 6.10. The van der Waals surface area contributed by atoms with Crippen LogP contribution >= 0.6 is 0 Å². The van der Waals surface area contributed by atoms with Crippen LogP contribution in [0.4, 0.5) is 0 Å². The lowest BCUT2D eigenvalue weighted by Crippen LogP contribution is -2.46. The van der Waals surface area contributed by atoms with Gasteiger partial charge in [0.15, 0.2) is 5.78 Å². The van der Waals surface area contributed by atoms with Crippen molar-refractivity contribution in [3.05, 3.63) is 47.2 Å². The maximum Gasteiger partial charge on any atom is 0.224 e. The van der Waals surface area contributed by atoms with Crippen LogP contribution in [-0.4, -0.2) is 24.5 Å². The number of carbonyl (C=O) groups excluding carboxylic acids is 2. The molecule has 2 rings (SSSR count). The van der Waals surface area contributed by atoms with Gasteiger partial charge in [0.2, 0.25) is 5.91 Å². The number of nitrogens with two attached hydrogens (primary N) is 1. The van der Waals surface area contributed by atoms with Crippen molar-refractivity contribution in [2.75, 3.05) is 6.61 Å². The van der Waals surface area contributed by atoms with Gasteiger partial charge in [0.1, 0.15) is 19.0 Å². The second kappa shape index (κ2) is 10.1. The standard InChI is InChI=1S/C22H30N2O4/c1-4-28-24-13-9-8-12-18-19(25)14-22(3,21(23)26)16(2)20(18)27-15-17-10-6-5-7-11-17/h5-7,10-11,13,16H,4,8-9,12,14-15H2,1-3H3,(H2,23,26). The van der Waals surface area contributed by atoms with Crippen LogP contribution in [0.2, 0.25) is 0 Å². The monoisotopic (exact) mass is 386 g/mol. The molecule has 6 nitrogen and oxygen atoms in total. The first-order valence-corrected chi connectivity index (χ1v) is 9.76. The number of carbonyl (C=O) groups is 2. The molecule has 0 fully saturated rings. The molecule has 0 heterocycles. The SMILES string of the molecule is CCON=CCCCC1=C(OCc2ccccc2)C(C)C(C)(C(N)=O)CC1=O. The number of allylic oxidation sites excluding steroid dienone is 2. The minimum absolute atomic E-state index is 0.0655. The molecule has 0 aromatic heterocycles. The lowest BCUT2D eigenvalue weighted by atomic mass is 9.67. The average molecular weight is 386 g/mol. The van der Waals surface area contributed by atoms with Gasteiger partial charge in [-0.25, -0.2) is 0 Å². The highest BCUT2D eigenvalue weighted by atomic mass is 16.6. The lowest BCUT2D eigenvalue weighted by molar-refractivity contribution is -0.136. The number of hydrogen-bond donors (Lipinski definition) is 1. The lowest BCUT2D eigenvalue weighted by Gasteiger charge is -2.38. The first kappa shape index (κ1) is 21.7. The largest absolute Gasteiger partial charge is 0.493 e. The van der Waals surface area contributed by atoms with E-state index in [9.17, 15) is 9.59 Å². The van der Waals surface area contributed by atoms with Crippen LogP contribution in [0.15, 0.2) is 46.8 Å². The maximum atomic E-state index is 12.8. The fraction of sp³-hybridized carbons (Fsp3) is 0.500. The summed E-state index contributed by atoms with van der Waals surface area (Å²) >= 11 is 0. The summed E-state index contributed by atoms with van der Waals surface area (Å²) in [6.45, 7) is 6.40. The van der Waals surface area contributed by atoms with Gasteiger partial charge in [-0.15, -0.1) is 0 Å². The highest BCUT2D eigenvalue weighted by Gasteiger charge is 2.47. The van der Waals surface area contributed by atoms with Crippen LogP contribution < -0.4 is 5.73 Å². The van der Waals surface area contributed by atoms with Crippen molar-refractivity contribution in [3.63, 3.8) is 0 Å². The highest BCUT2D eigenvalue weighted by molar-refractivity contribution is 6.01. The number of amides is 1. The number of oxime groups is 1. The third-order valence-corrected chi connectivity index (χ3v) is 5.35. The van der Waals surface area contributed by atoms with Crippen molar-refractivity contribution in [1.29, 1.82) is 0 Å². The molecule has 0 saturated carbocycles. The predicted molar refractivity (Wildman–Crippen MR) is 108 cm³/mol. The van der Waals surface area contributed by atoms with Crippen molar-refractivity contribution in [2.24, 2.45) is 22.2 Å². The molecule has 1 aromatic rings. The Hall–Kier alpha value is -2.63. The Balaban J connectivity index is 2.20. The van der Waals surface area contributed by atoms with E-state index in [4.69, 9.17) is 15.3 Å². The van der Waals surface area contributed by atoms with Gasteiger partial charge in [-0.2, -0.15) is 0 Å². The van der Waals surface area contributed by atoms with Crippen LogP contribution in [0.3, 0.4) is 0 Å². The summed E-state index contributed by atoms with van der Waals surface area (Å²) in [5.74, 6) is -0.220. The van der Waals surface area contributed by atoms with Gasteiger partial charge in [0.25, 0.3) is 0 Å². The zero-order valence-electron chi connectivity index (χ0n) is 16.9. The van der Waals surface area contributed by atoms with Gasteiger partial charge < -0.3 is 15.3 Å². The third kappa shape index (κ3) is 5.21. The van der Waals surface area contributed by atoms with E-state index >= 15 is 0 Å². The van der Waals surface area contributed by atoms with Gasteiger partial charge >= 0.3 is 0 Å². The zero-order valence-corrected chi connectivity index (χ0v) is 16.9. The Kier molecular flexibility index (Phi) is 7.79. The molecule has 28 heavy (non-hydrogen) atoms. The number of Topliss-reactive ketones (excluding diaryl/α,β-unsaturated/α-hetero) is 1. The number of primary amides is 1. The summed E-state index contributed by atoms with van der Waals surface area (Å²) in [5.41, 5.74) is 6.36. The van der Waals surface area contributed by atoms with Crippen LogP contribution in [0.5, 0.6) is 0 Å². The highest BCUT2D eigenvalue weighted by Crippen LogP contribution is 2.44. The second-order valence-corrected chi connectivity index (χ2v) is 7.32. The Morgan fingerprint density at radius 3 is 2.71 bits per heavy atom. The molecule has 0 spiro atoms. The molecule has 1 aliphatic carbocycles. The van der Waals surface area contributed by atoms with Gasteiger partial charge in [0, 0.05) is 24.1 Å². The number of ketones is 1. The van der Waals surface area contributed by atoms with E-state index < -0.39 is 11.3 Å². The molecule has 1 aliphatic rings. The Morgan fingerprint density at radius 2 is 2.07 bits per heavy atom. The smallest absolute Gasteiger partial charge is 0.224 e. The molecule has 152 valence electrons. The molecular weight excluding hydrogens is 356 g/mol. The minimum atomic E-state index is -0.941. The Morgan fingerprint density at radius 1 is 1.36 bits per heavy atom. The van der Waals surface area contributed by atoms with Crippen molar-refractivity contribution >= 4 is 17.9 Å². The van der Waals surface area contributed by atoms with Crippen molar-refractivity contribution < 1.29 is 19.2 Å². The fourth-order valence-corrected chi connectivity index (χ4v) is 3.34. The van der Waals surface area contributed by atoms with E-state index in [1.165, 1.54) is 0 Å². The molecule has 0 aliphatic heterocycles. The molecule has 0 radical (unpaired) electrons. The minimum Gasteiger partial charge on any atom is -0.493 e. The average Bonchev–Trinajstić information content (AvgIpc) is 2.68.